The van der Waals surface area contributed by atoms with Crippen molar-refractivity contribution in [3.63, 3.8) is 0 Å². The molecule has 1 saturated heterocycles. The molecule has 3 aromatic rings. The van der Waals surface area contributed by atoms with E-state index >= 15 is 0 Å². The molecule has 0 N–H and O–H groups in total. The zero-order valence-corrected chi connectivity index (χ0v) is 21.4. The first-order chi connectivity index (χ1) is 16.4. The van der Waals surface area contributed by atoms with Crippen LogP contribution in [0.2, 0.25) is 0 Å². The summed E-state index contributed by atoms with van der Waals surface area (Å²) in [7, 11) is -1.86. The number of piperidine rings is 1. The van der Waals surface area contributed by atoms with Crippen molar-refractivity contribution in [1.82, 2.24) is 4.90 Å². The lowest BCUT2D eigenvalue weighted by Crippen LogP contribution is -2.40. The molecule has 0 aromatic heterocycles. The molecule has 1 aliphatic heterocycles. The van der Waals surface area contributed by atoms with Crippen LogP contribution in [0.15, 0.2) is 103 Å². The monoisotopic (exact) mass is 472 g/mol. The normalized spacial score (nSPS) is 14.6. The first-order valence-corrected chi connectivity index (χ1v) is 14.1. The third-order valence-electron chi connectivity index (χ3n) is 6.30. The molecule has 0 aliphatic carbocycles. The molecular weight excluding hydrogens is 437 g/mol. The molecule has 34 heavy (non-hydrogen) atoms. The number of hydrogen-bond acceptors (Lipinski definition) is 2. The molecular formula is C30H35NO2P+. The average molecular weight is 473 g/mol. The summed E-state index contributed by atoms with van der Waals surface area (Å²) in [6, 6.07) is 33.0. The van der Waals surface area contributed by atoms with Crippen LogP contribution in [0, 0.1) is 0 Å². The molecule has 1 amide bonds. The van der Waals surface area contributed by atoms with Gasteiger partial charge >= 0.3 is 6.09 Å². The Hall–Kier alpha value is -2.90. The second-order valence-electron chi connectivity index (χ2n) is 9.83. The fourth-order valence-electron chi connectivity index (χ4n) is 4.58. The minimum absolute atomic E-state index is 0.203. The first kappa shape index (κ1) is 24.2. The van der Waals surface area contributed by atoms with Crippen molar-refractivity contribution in [3.8, 4) is 0 Å². The summed E-state index contributed by atoms with van der Waals surface area (Å²) in [6.07, 6.45) is 5.04. The fourth-order valence-corrected chi connectivity index (χ4v) is 8.69. The van der Waals surface area contributed by atoms with E-state index in [1.165, 1.54) is 21.5 Å². The molecule has 3 nitrogen and oxygen atoms in total. The summed E-state index contributed by atoms with van der Waals surface area (Å²) in [4.78, 5) is 14.3. The minimum atomic E-state index is -1.86. The summed E-state index contributed by atoms with van der Waals surface area (Å²) in [6.45, 7) is 7.18. The Morgan fingerprint density at radius 1 is 0.794 bits per heavy atom. The molecule has 0 spiro atoms. The number of carbonyl (C=O) groups is 1. The number of benzene rings is 3. The molecule has 1 aliphatic rings. The lowest BCUT2D eigenvalue weighted by Gasteiger charge is -2.31. The second kappa shape index (κ2) is 10.6. The van der Waals surface area contributed by atoms with Crippen LogP contribution >= 0.6 is 7.26 Å². The number of ether oxygens (including phenoxy) is 1. The molecule has 0 unspecified atom stereocenters. The van der Waals surface area contributed by atoms with Crippen molar-refractivity contribution >= 4 is 29.3 Å². The van der Waals surface area contributed by atoms with Gasteiger partial charge in [-0.25, -0.2) is 4.79 Å². The van der Waals surface area contributed by atoms with Crippen molar-refractivity contribution in [3.05, 3.63) is 103 Å². The largest absolute Gasteiger partial charge is 0.444 e. The second-order valence-corrected chi connectivity index (χ2v) is 13.4. The van der Waals surface area contributed by atoms with Gasteiger partial charge in [-0.3, -0.25) is 0 Å². The summed E-state index contributed by atoms with van der Waals surface area (Å²) in [5.74, 6) is 0. The maximum absolute atomic E-state index is 12.5. The Morgan fingerprint density at radius 3 is 1.59 bits per heavy atom. The summed E-state index contributed by atoms with van der Waals surface area (Å²) in [5, 5.41) is 4.20. The van der Waals surface area contributed by atoms with Crippen LogP contribution in [0.3, 0.4) is 0 Å². The van der Waals surface area contributed by atoms with Gasteiger partial charge in [0.1, 0.15) is 28.8 Å². The Labute approximate surface area is 204 Å². The number of likely N-dealkylation sites (tertiary alicyclic amines) is 1. The zero-order chi connectivity index (χ0) is 24.0. The van der Waals surface area contributed by atoms with Gasteiger partial charge in [0.25, 0.3) is 0 Å². The van der Waals surface area contributed by atoms with Crippen LogP contribution in [-0.2, 0) is 4.74 Å². The first-order valence-electron chi connectivity index (χ1n) is 12.1. The van der Waals surface area contributed by atoms with E-state index in [0.717, 1.165) is 19.0 Å². The van der Waals surface area contributed by atoms with Gasteiger partial charge in [0.2, 0.25) is 0 Å². The summed E-state index contributed by atoms with van der Waals surface area (Å²) < 4.78 is 5.57. The standard InChI is InChI=1S/C30H35NO2P/c1-30(2,3)33-29(32)31-22-19-25(20-23-31)21-24-34(26-13-7-4-8-14-26,27-15-9-5-10-16-27)28-17-11-6-12-18-28/h4-18,21H,19-20,22-24H2,1-3H3/q+1. The van der Waals surface area contributed by atoms with E-state index in [-0.39, 0.29) is 6.09 Å². The number of allylic oxidation sites excluding steroid dienone is 1. The maximum Gasteiger partial charge on any atom is 0.410 e. The Morgan fingerprint density at radius 2 is 1.21 bits per heavy atom. The van der Waals surface area contributed by atoms with Crippen molar-refractivity contribution < 1.29 is 9.53 Å². The minimum Gasteiger partial charge on any atom is -0.444 e. The van der Waals surface area contributed by atoms with Gasteiger partial charge in [-0.15, -0.1) is 0 Å². The maximum atomic E-state index is 12.5. The third kappa shape index (κ3) is 5.59. The predicted molar refractivity (Wildman–Crippen MR) is 145 cm³/mol. The third-order valence-corrected chi connectivity index (χ3v) is 10.6. The average Bonchev–Trinajstić information content (AvgIpc) is 2.86. The topological polar surface area (TPSA) is 29.5 Å². The summed E-state index contributed by atoms with van der Waals surface area (Å²) in [5.41, 5.74) is 0.977. The quantitative estimate of drug-likeness (QED) is 0.340. The SMILES string of the molecule is CC(C)(C)OC(=O)N1CCC(=CC[P+](c2ccccc2)(c2ccccc2)c2ccccc2)CC1. The van der Waals surface area contributed by atoms with Crippen LogP contribution in [0.4, 0.5) is 4.79 Å². The van der Waals surface area contributed by atoms with E-state index in [1.807, 2.05) is 25.7 Å². The van der Waals surface area contributed by atoms with Gasteiger partial charge in [-0.1, -0.05) is 60.2 Å². The van der Waals surface area contributed by atoms with Crippen LogP contribution in [0.25, 0.3) is 0 Å². The highest BCUT2D eigenvalue weighted by atomic mass is 31.2. The molecule has 1 fully saturated rings. The van der Waals surface area contributed by atoms with E-state index in [0.29, 0.717) is 13.1 Å². The van der Waals surface area contributed by atoms with E-state index in [2.05, 4.69) is 97.1 Å². The fraction of sp³-hybridized carbons (Fsp3) is 0.300. The molecule has 4 rings (SSSR count). The van der Waals surface area contributed by atoms with E-state index < -0.39 is 12.9 Å². The van der Waals surface area contributed by atoms with Gasteiger partial charge in [0.15, 0.2) is 0 Å². The van der Waals surface area contributed by atoms with Crippen molar-refractivity contribution in [2.75, 3.05) is 19.3 Å². The van der Waals surface area contributed by atoms with Gasteiger partial charge in [-0.05, 0) is 76.1 Å². The molecule has 3 aromatic carbocycles. The van der Waals surface area contributed by atoms with Gasteiger partial charge in [-0.2, -0.15) is 0 Å². The molecule has 1 heterocycles. The van der Waals surface area contributed by atoms with E-state index in [4.69, 9.17) is 4.74 Å². The number of rotatable bonds is 5. The zero-order valence-electron chi connectivity index (χ0n) is 20.5. The summed E-state index contributed by atoms with van der Waals surface area (Å²) >= 11 is 0. The molecule has 176 valence electrons. The van der Waals surface area contributed by atoms with E-state index in [1.54, 1.807) is 0 Å². The number of hydrogen-bond donors (Lipinski definition) is 0. The van der Waals surface area contributed by atoms with Crippen LogP contribution in [0.5, 0.6) is 0 Å². The Bertz CT molecular complexity index is 998. The molecule has 0 atom stereocenters. The Balaban J connectivity index is 1.64. The lowest BCUT2D eigenvalue weighted by molar-refractivity contribution is 0.0236. The highest BCUT2D eigenvalue weighted by molar-refractivity contribution is 7.95. The molecule has 0 bridgehead atoms. The van der Waals surface area contributed by atoms with Gasteiger partial charge in [0, 0.05) is 13.1 Å². The van der Waals surface area contributed by atoms with Crippen molar-refractivity contribution in [2.24, 2.45) is 0 Å². The highest BCUT2D eigenvalue weighted by Crippen LogP contribution is 2.55. The number of amides is 1. The molecule has 4 heteroatoms. The number of carbonyl (C=O) groups excluding carboxylic acids is 1. The van der Waals surface area contributed by atoms with Crippen LogP contribution < -0.4 is 15.9 Å². The highest BCUT2D eigenvalue weighted by Gasteiger charge is 2.44. The molecule has 0 saturated carbocycles. The van der Waals surface area contributed by atoms with Crippen molar-refractivity contribution in [2.45, 2.75) is 39.2 Å². The van der Waals surface area contributed by atoms with Crippen LogP contribution in [0.1, 0.15) is 33.6 Å². The van der Waals surface area contributed by atoms with Gasteiger partial charge in [0.05, 0.1) is 6.16 Å². The predicted octanol–water partition coefficient (Wildman–Crippen LogP) is 5.94. The Kier molecular flexibility index (Phi) is 7.54. The van der Waals surface area contributed by atoms with Crippen molar-refractivity contribution in [1.29, 1.82) is 0 Å². The smallest absolute Gasteiger partial charge is 0.410 e. The van der Waals surface area contributed by atoms with Gasteiger partial charge < -0.3 is 9.64 Å². The number of nitrogens with zero attached hydrogens (tertiary/aromatic N) is 1. The lowest BCUT2D eigenvalue weighted by atomic mass is 10.0. The van der Waals surface area contributed by atoms with E-state index in [9.17, 15) is 4.79 Å². The van der Waals surface area contributed by atoms with Crippen LogP contribution in [-0.4, -0.2) is 35.8 Å². The molecule has 0 radical (unpaired) electrons.